The van der Waals surface area contributed by atoms with E-state index in [4.69, 9.17) is 0 Å². The van der Waals surface area contributed by atoms with Gasteiger partial charge in [-0.05, 0) is 0 Å². The van der Waals surface area contributed by atoms with Crippen molar-refractivity contribution in [1.29, 1.82) is 0 Å². The van der Waals surface area contributed by atoms with Crippen LogP contribution in [0.2, 0.25) is 0 Å². The Morgan fingerprint density at radius 3 is 1.12 bits per heavy atom. The van der Waals surface area contributed by atoms with Crippen molar-refractivity contribution in [2.24, 2.45) is 0 Å². The molecule has 2 heteroatoms. The zero-order valence-corrected chi connectivity index (χ0v) is 9.02. The second-order valence-electron chi connectivity index (χ2n) is 2.34. The molecule has 0 aliphatic rings. The summed E-state index contributed by atoms with van der Waals surface area (Å²) in [6, 6.07) is 1.000. The third kappa shape index (κ3) is 10.1. The first-order chi connectivity index (χ1) is 3.13. The molecule has 0 aromatic rings. The smallest absolute Gasteiger partial charge is 0 e. The van der Waals surface area contributed by atoms with Crippen LogP contribution in [0.15, 0.2) is 0 Å². The summed E-state index contributed by atoms with van der Waals surface area (Å²) in [4.78, 5) is 0. The van der Waals surface area contributed by atoms with E-state index >= 15 is 0 Å². The van der Waals surface area contributed by atoms with Gasteiger partial charge in [0.25, 0.3) is 0 Å². The molecule has 0 amide bonds. The normalized spacial score (nSPS) is 9.75. The Morgan fingerprint density at radius 2 is 1.12 bits per heavy atom. The minimum atomic E-state index is 0. The van der Waals surface area contributed by atoms with Gasteiger partial charge >= 0.3 is 0 Å². The number of hydrogen-bond acceptors (Lipinski definition) is 0. The van der Waals surface area contributed by atoms with Crippen LogP contribution >= 0.6 is 0 Å². The van der Waals surface area contributed by atoms with Crippen LogP contribution in [0.5, 0.6) is 0 Å². The van der Waals surface area contributed by atoms with Gasteiger partial charge in [0.05, 0.1) is 0 Å². The van der Waals surface area contributed by atoms with Crippen molar-refractivity contribution in [3.63, 3.8) is 0 Å². The third-order valence-electron chi connectivity index (χ3n) is 0.596. The minimum Gasteiger partial charge on any atom is -0.658 e. The van der Waals surface area contributed by atoms with Gasteiger partial charge in [-0.1, -0.05) is 27.7 Å². The summed E-state index contributed by atoms with van der Waals surface area (Å²) in [7, 11) is 0. The summed E-state index contributed by atoms with van der Waals surface area (Å²) >= 11 is 0. The van der Waals surface area contributed by atoms with Crippen LogP contribution in [0.1, 0.15) is 27.7 Å². The van der Waals surface area contributed by atoms with E-state index in [1.54, 1.807) is 0 Å². The van der Waals surface area contributed by atoms with Gasteiger partial charge in [-0.15, -0.1) is 12.1 Å². The van der Waals surface area contributed by atoms with Crippen molar-refractivity contribution in [3.8, 4) is 0 Å². The Morgan fingerprint density at radius 1 is 0.875 bits per heavy atom. The van der Waals surface area contributed by atoms with Crippen molar-refractivity contribution in [3.05, 3.63) is 5.32 Å². The van der Waals surface area contributed by atoms with Gasteiger partial charge in [-0.2, -0.15) is 0 Å². The molecule has 8 heavy (non-hydrogen) atoms. The molecule has 0 saturated carbocycles. The van der Waals surface area contributed by atoms with Gasteiger partial charge in [0.2, 0.25) is 0 Å². The van der Waals surface area contributed by atoms with Crippen molar-refractivity contribution < 1.29 is 32.7 Å². The number of nitrogens with zero attached hydrogens (tertiary/aromatic N) is 1. The standard InChI is InChI=1S/C6H14N.Y/c1-5(2)7-6(3)4;/h5-6H,1-4H3;/q-1;. The maximum atomic E-state index is 4.28. The van der Waals surface area contributed by atoms with Crippen LogP contribution in [0.4, 0.5) is 0 Å². The first kappa shape index (κ1) is 11.8. The number of hydrogen-bond donors (Lipinski definition) is 0. The summed E-state index contributed by atoms with van der Waals surface area (Å²) < 4.78 is 0. The molecule has 0 aliphatic heterocycles. The quantitative estimate of drug-likeness (QED) is 0.632. The maximum absolute atomic E-state index is 4.28. The molecule has 0 rings (SSSR count). The Labute approximate surface area is 77.5 Å². The average molecular weight is 189 g/mol. The molecule has 0 spiro atoms. The van der Waals surface area contributed by atoms with Gasteiger partial charge in [-0.3, -0.25) is 0 Å². The van der Waals surface area contributed by atoms with E-state index in [1.165, 1.54) is 0 Å². The minimum absolute atomic E-state index is 0. The van der Waals surface area contributed by atoms with Crippen LogP contribution in [-0.4, -0.2) is 12.1 Å². The predicted molar refractivity (Wildman–Crippen MR) is 33.6 cm³/mol. The van der Waals surface area contributed by atoms with Crippen LogP contribution in [0.25, 0.3) is 5.32 Å². The van der Waals surface area contributed by atoms with Crippen LogP contribution < -0.4 is 0 Å². The fourth-order valence-electron chi connectivity index (χ4n) is 0.596. The van der Waals surface area contributed by atoms with Crippen LogP contribution in [0, 0.1) is 0 Å². The molecular weight excluding hydrogens is 175 g/mol. The summed E-state index contributed by atoms with van der Waals surface area (Å²) in [6.07, 6.45) is 0. The summed E-state index contributed by atoms with van der Waals surface area (Å²) in [5.74, 6) is 0. The maximum Gasteiger partial charge on any atom is 0 e. The summed E-state index contributed by atoms with van der Waals surface area (Å²) in [6.45, 7) is 8.39. The summed E-state index contributed by atoms with van der Waals surface area (Å²) in [5, 5.41) is 4.28. The molecule has 0 heterocycles. The van der Waals surface area contributed by atoms with Gasteiger partial charge < -0.3 is 5.32 Å². The topological polar surface area (TPSA) is 14.1 Å². The molecule has 0 fully saturated rings. The van der Waals surface area contributed by atoms with E-state index in [9.17, 15) is 0 Å². The number of rotatable bonds is 2. The van der Waals surface area contributed by atoms with E-state index in [0.29, 0.717) is 12.1 Å². The Balaban J connectivity index is 0. The van der Waals surface area contributed by atoms with Crippen molar-refractivity contribution in [2.45, 2.75) is 39.8 Å². The SMILES string of the molecule is CC(C)[N-]C(C)C.[Y]. The first-order valence-corrected chi connectivity index (χ1v) is 2.83. The predicted octanol–water partition coefficient (Wildman–Crippen LogP) is 2.17. The molecule has 0 bridgehead atoms. The van der Waals surface area contributed by atoms with E-state index in [1.807, 2.05) is 0 Å². The molecule has 47 valence electrons. The Kier molecular flexibility index (Phi) is 9.14. The Bertz CT molecular complexity index is 37.8. The van der Waals surface area contributed by atoms with E-state index in [2.05, 4.69) is 33.0 Å². The average Bonchev–Trinajstić information content (AvgIpc) is 1.27. The van der Waals surface area contributed by atoms with Crippen LogP contribution in [0.3, 0.4) is 0 Å². The van der Waals surface area contributed by atoms with E-state index < -0.39 is 0 Å². The van der Waals surface area contributed by atoms with Crippen LogP contribution in [-0.2, 0) is 32.7 Å². The molecule has 0 aromatic carbocycles. The fraction of sp³-hybridized carbons (Fsp3) is 1.00. The molecule has 1 radical (unpaired) electrons. The Hall–Kier alpha value is 1.06. The second kappa shape index (κ2) is 6.19. The molecule has 0 unspecified atom stereocenters. The molecule has 0 atom stereocenters. The second-order valence-corrected chi connectivity index (χ2v) is 2.34. The molecular formula is C6H14NY-. The monoisotopic (exact) mass is 189 g/mol. The van der Waals surface area contributed by atoms with Gasteiger partial charge in [-0.25, -0.2) is 0 Å². The van der Waals surface area contributed by atoms with Gasteiger partial charge in [0.15, 0.2) is 0 Å². The van der Waals surface area contributed by atoms with E-state index in [-0.39, 0.29) is 32.7 Å². The van der Waals surface area contributed by atoms with Crippen molar-refractivity contribution >= 4 is 0 Å². The van der Waals surface area contributed by atoms with E-state index in [0.717, 1.165) is 0 Å². The molecule has 1 nitrogen and oxygen atoms in total. The largest absolute Gasteiger partial charge is 0.658 e. The van der Waals surface area contributed by atoms with Gasteiger partial charge in [0, 0.05) is 32.7 Å². The molecule has 0 aromatic heterocycles. The first-order valence-electron chi connectivity index (χ1n) is 2.83. The zero-order valence-electron chi connectivity index (χ0n) is 6.18. The summed E-state index contributed by atoms with van der Waals surface area (Å²) in [5.41, 5.74) is 0. The fourth-order valence-corrected chi connectivity index (χ4v) is 0.596. The molecule has 0 saturated heterocycles. The third-order valence-corrected chi connectivity index (χ3v) is 0.596. The zero-order chi connectivity index (χ0) is 5.86. The van der Waals surface area contributed by atoms with Crippen molar-refractivity contribution in [1.82, 2.24) is 0 Å². The van der Waals surface area contributed by atoms with Gasteiger partial charge in [0.1, 0.15) is 0 Å². The van der Waals surface area contributed by atoms with Crippen molar-refractivity contribution in [2.75, 3.05) is 0 Å². The molecule has 0 N–H and O–H groups in total. The molecule has 0 aliphatic carbocycles.